The lowest BCUT2D eigenvalue weighted by Gasteiger charge is -2.07. The Morgan fingerprint density at radius 3 is 2.79 bits per heavy atom. The van der Waals surface area contributed by atoms with Gasteiger partial charge in [0.25, 0.3) is 0 Å². The maximum atomic E-state index is 11.6. The number of nitrogens with one attached hydrogen (secondary N) is 1. The smallest absolute Gasteiger partial charge is 0.412 e. The summed E-state index contributed by atoms with van der Waals surface area (Å²) in [5.74, 6) is 0. The third-order valence-corrected chi connectivity index (χ3v) is 3.30. The molecule has 5 heteroatoms. The number of rotatable bonds is 3. The molecule has 0 saturated carbocycles. The normalized spacial score (nSPS) is 10.0. The Morgan fingerprint density at radius 2 is 2.11 bits per heavy atom. The highest BCUT2D eigenvalue weighted by molar-refractivity contribution is 9.10. The number of halogens is 1. The molecule has 2 rings (SSSR count). The van der Waals surface area contributed by atoms with Crippen molar-refractivity contribution >= 4 is 27.7 Å². The second kappa shape index (κ2) is 6.33. The Morgan fingerprint density at radius 1 is 1.37 bits per heavy atom. The number of aryl methyl sites for hydroxylation is 1. The fraction of sp³-hybridized carbons (Fsp3) is 0.143. The lowest BCUT2D eigenvalue weighted by molar-refractivity contribution is 0.155. The molecular formula is C14H13BrN2O2. The van der Waals surface area contributed by atoms with Gasteiger partial charge in [0, 0.05) is 0 Å². The highest BCUT2D eigenvalue weighted by atomic mass is 79.9. The van der Waals surface area contributed by atoms with Gasteiger partial charge in [0.05, 0.1) is 11.9 Å². The summed E-state index contributed by atoms with van der Waals surface area (Å²) in [6.07, 6.45) is 1.08. The number of hydrogen-bond acceptors (Lipinski definition) is 3. The van der Waals surface area contributed by atoms with E-state index >= 15 is 0 Å². The van der Waals surface area contributed by atoms with Crippen molar-refractivity contribution in [2.45, 2.75) is 13.5 Å². The van der Waals surface area contributed by atoms with E-state index in [2.05, 4.69) is 26.2 Å². The zero-order valence-corrected chi connectivity index (χ0v) is 12.0. The Labute approximate surface area is 119 Å². The summed E-state index contributed by atoms with van der Waals surface area (Å²) in [5.41, 5.74) is 2.50. The molecule has 0 aliphatic heterocycles. The minimum absolute atomic E-state index is 0.246. The third-order valence-electron chi connectivity index (χ3n) is 2.47. The number of benzene rings is 1. The van der Waals surface area contributed by atoms with Crippen LogP contribution in [0.5, 0.6) is 0 Å². The van der Waals surface area contributed by atoms with E-state index in [1.165, 1.54) is 0 Å². The quantitative estimate of drug-likeness (QED) is 0.872. The minimum Gasteiger partial charge on any atom is -0.444 e. The second-order valence-electron chi connectivity index (χ2n) is 4.02. The van der Waals surface area contributed by atoms with E-state index in [-0.39, 0.29) is 6.61 Å². The molecule has 0 fully saturated rings. The van der Waals surface area contributed by atoms with Crippen LogP contribution in [0.25, 0.3) is 0 Å². The van der Waals surface area contributed by atoms with Gasteiger partial charge >= 0.3 is 6.09 Å². The molecule has 0 saturated heterocycles. The van der Waals surface area contributed by atoms with Crippen LogP contribution in [0.2, 0.25) is 0 Å². The first-order valence-corrected chi connectivity index (χ1v) is 6.54. The number of pyridine rings is 1. The van der Waals surface area contributed by atoms with Gasteiger partial charge in [0.2, 0.25) is 0 Å². The fourth-order valence-electron chi connectivity index (χ4n) is 1.50. The van der Waals surface area contributed by atoms with E-state index < -0.39 is 6.09 Å². The van der Waals surface area contributed by atoms with Crippen LogP contribution in [-0.4, -0.2) is 11.1 Å². The molecule has 1 aromatic carbocycles. The van der Waals surface area contributed by atoms with Gasteiger partial charge in [-0.2, -0.15) is 0 Å². The van der Waals surface area contributed by atoms with Crippen molar-refractivity contribution in [3.05, 3.63) is 58.3 Å². The molecule has 0 unspecified atom stereocenters. The number of carbonyl (C=O) groups excluding carboxylic acids is 1. The first kappa shape index (κ1) is 13.5. The van der Waals surface area contributed by atoms with Crippen molar-refractivity contribution in [3.63, 3.8) is 0 Å². The van der Waals surface area contributed by atoms with Gasteiger partial charge in [-0.3, -0.25) is 5.32 Å². The molecule has 0 aliphatic carbocycles. The van der Waals surface area contributed by atoms with Gasteiger partial charge in [-0.15, -0.1) is 0 Å². The van der Waals surface area contributed by atoms with E-state index in [0.29, 0.717) is 5.69 Å². The van der Waals surface area contributed by atoms with Crippen molar-refractivity contribution in [2.24, 2.45) is 0 Å². The van der Waals surface area contributed by atoms with Crippen molar-refractivity contribution < 1.29 is 9.53 Å². The zero-order chi connectivity index (χ0) is 13.7. The van der Waals surface area contributed by atoms with Crippen molar-refractivity contribution in [1.82, 2.24) is 4.98 Å². The van der Waals surface area contributed by atoms with Gasteiger partial charge in [-0.05, 0) is 40.0 Å². The number of carbonyl (C=O) groups is 1. The molecule has 1 aromatic heterocycles. The van der Waals surface area contributed by atoms with E-state index in [4.69, 9.17) is 4.74 Å². The van der Waals surface area contributed by atoms with E-state index in [9.17, 15) is 4.79 Å². The Balaban J connectivity index is 1.89. The number of anilines is 1. The molecule has 0 spiro atoms. The van der Waals surface area contributed by atoms with Crippen LogP contribution in [0.15, 0.2) is 47.2 Å². The predicted molar refractivity (Wildman–Crippen MR) is 76.9 cm³/mol. The Hall–Kier alpha value is -1.88. The summed E-state index contributed by atoms with van der Waals surface area (Å²) >= 11 is 3.30. The van der Waals surface area contributed by atoms with Crippen LogP contribution in [0, 0.1) is 6.92 Å². The third kappa shape index (κ3) is 4.06. The van der Waals surface area contributed by atoms with Crippen LogP contribution < -0.4 is 5.32 Å². The van der Waals surface area contributed by atoms with Gasteiger partial charge in [-0.25, -0.2) is 9.78 Å². The van der Waals surface area contributed by atoms with Crippen molar-refractivity contribution in [1.29, 1.82) is 0 Å². The van der Waals surface area contributed by atoms with Crippen LogP contribution in [0.1, 0.15) is 11.1 Å². The minimum atomic E-state index is -0.493. The van der Waals surface area contributed by atoms with Crippen LogP contribution in [0.3, 0.4) is 0 Å². The maximum absolute atomic E-state index is 11.6. The molecule has 2 aromatic rings. The number of aromatic nitrogens is 1. The van der Waals surface area contributed by atoms with E-state index in [1.54, 1.807) is 6.20 Å². The molecule has 1 N–H and O–H groups in total. The van der Waals surface area contributed by atoms with Gasteiger partial charge in [-0.1, -0.05) is 30.3 Å². The topological polar surface area (TPSA) is 51.2 Å². The summed E-state index contributed by atoms with van der Waals surface area (Å²) in [5, 5.41) is 2.64. The largest absolute Gasteiger partial charge is 0.444 e. The molecule has 1 amide bonds. The first-order chi connectivity index (χ1) is 9.15. The lowest BCUT2D eigenvalue weighted by atomic mass is 10.2. The van der Waals surface area contributed by atoms with E-state index in [0.717, 1.165) is 15.7 Å². The maximum Gasteiger partial charge on any atom is 0.412 e. The molecule has 19 heavy (non-hydrogen) atoms. The zero-order valence-electron chi connectivity index (χ0n) is 10.4. The standard InChI is InChI=1S/C14H13BrN2O2/c1-10-7-12(8-16-13(10)15)17-14(18)19-9-11-5-3-2-4-6-11/h2-8H,9H2,1H3,(H,17,18). The van der Waals surface area contributed by atoms with Gasteiger partial charge in [0.15, 0.2) is 0 Å². The molecular weight excluding hydrogens is 308 g/mol. The molecule has 1 heterocycles. The summed E-state index contributed by atoms with van der Waals surface area (Å²) in [6, 6.07) is 11.3. The SMILES string of the molecule is Cc1cc(NC(=O)OCc2ccccc2)cnc1Br. The van der Waals surface area contributed by atoms with Gasteiger partial charge in [0.1, 0.15) is 11.2 Å². The average Bonchev–Trinajstić information content (AvgIpc) is 2.42. The lowest BCUT2D eigenvalue weighted by Crippen LogP contribution is -2.13. The summed E-state index contributed by atoms with van der Waals surface area (Å²) in [6.45, 7) is 2.15. The number of ether oxygens (including phenoxy) is 1. The Kier molecular flexibility index (Phi) is 4.52. The van der Waals surface area contributed by atoms with Crippen molar-refractivity contribution in [3.8, 4) is 0 Å². The van der Waals surface area contributed by atoms with Gasteiger partial charge < -0.3 is 4.74 Å². The Bertz CT molecular complexity index is 573. The van der Waals surface area contributed by atoms with Crippen LogP contribution in [-0.2, 0) is 11.3 Å². The predicted octanol–water partition coefficient (Wildman–Crippen LogP) is 3.90. The average molecular weight is 321 g/mol. The van der Waals surface area contributed by atoms with Crippen LogP contribution in [0.4, 0.5) is 10.5 Å². The van der Waals surface area contributed by atoms with Crippen LogP contribution >= 0.6 is 15.9 Å². The van der Waals surface area contributed by atoms with Crippen molar-refractivity contribution in [2.75, 3.05) is 5.32 Å². The highest BCUT2D eigenvalue weighted by Gasteiger charge is 2.05. The molecule has 98 valence electrons. The molecule has 4 nitrogen and oxygen atoms in total. The molecule has 0 atom stereocenters. The molecule has 0 bridgehead atoms. The number of hydrogen-bond donors (Lipinski definition) is 1. The number of nitrogens with zero attached hydrogens (tertiary/aromatic N) is 1. The highest BCUT2D eigenvalue weighted by Crippen LogP contribution is 2.16. The monoisotopic (exact) mass is 320 g/mol. The summed E-state index contributed by atoms with van der Waals surface area (Å²) in [4.78, 5) is 15.7. The first-order valence-electron chi connectivity index (χ1n) is 5.75. The molecule has 0 aliphatic rings. The summed E-state index contributed by atoms with van der Waals surface area (Å²) in [7, 11) is 0. The fourth-order valence-corrected chi connectivity index (χ4v) is 1.72. The second-order valence-corrected chi connectivity index (χ2v) is 4.77. The molecule has 0 radical (unpaired) electrons. The number of amides is 1. The van der Waals surface area contributed by atoms with E-state index in [1.807, 2.05) is 43.3 Å². The summed E-state index contributed by atoms with van der Waals surface area (Å²) < 4.78 is 5.87.